The lowest BCUT2D eigenvalue weighted by molar-refractivity contribution is -0.140. The van der Waals surface area contributed by atoms with Gasteiger partial charge in [0.2, 0.25) is 11.8 Å². The van der Waals surface area contributed by atoms with Crippen LogP contribution in [-0.2, 0) is 28.3 Å². The average Bonchev–Trinajstić information content (AvgIpc) is 2.84. The fraction of sp³-hybridized carbons (Fsp3) is 0.310. The number of hydrogen-bond acceptors (Lipinski definition) is 3. The number of rotatable bonds is 10. The zero-order chi connectivity index (χ0) is 27.9. The van der Waals surface area contributed by atoms with Crippen molar-refractivity contribution < 1.29 is 14.0 Å². The van der Waals surface area contributed by atoms with Crippen LogP contribution in [0, 0.1) is 5.82 Å². The Balaban J connectivity index is 1.94. The van der Waals surface area contributed by atoms with Crippen molar-refractivity contribution in [1.29, 1.82) is 0 Å². The standard InChI is InChI=1S/C29H30Cl3FN2O2S/c1-29(2,3)34-28(37)26(15-19-9-5-4-6-10-19)35(16-20-22(30)11-7-12-23(20)31)27(36)18-38-17-21-24(32)13-8-14-25(21)33/h4-14,26H,15-18H2,1-3H3,(H,34,37)/t26-/m1/s1. The van der Waals surface area contributed by atoms with Crippen molar-refractivity contribution in [3.8, 4) is 0 Å². The molecule has 0 fully saturated rings. The molecule has 0 unspecified atom stereocenters. The van der Waals surface area contributed by atoms with E-state index in [4.69, 9.17) is 34.8 Å². The first-order valence-corrected chi connectivity index (χ1v) is 14.3. The third kappa shape index (κ3) is 8.63. The second-order valence-corrected chi connectivity index (χ2v) is 12.1. The largest absolute Gasteiger partial charge is 0.350 e. The molecule has 4 nitrogen and oxygen atoms in total. The molecule has 0 bridgehead atoms. The van der Waals surface area contributed by atoms with Crippen LogP contribution in [0.4, 0.5) is 4.39 Å². The molecular formula is C29H30Cl3FN2O2S. The SMILES string of the molecule is CC(C)(C)NC(=O)[C@@H](Cc1ccccc1)N(Cc1c(Cl)cccc1Cl)C(=O)CSCc1c(F)cccc1Cl. The summed E-state index contributed by atoms with van der Waals surface area (Å²) in [4.78, 5) is 28.9. The fourth-order valence-electron chi connectivity index (χ4n) is 3.85. The Hall–Kier alpha value is -2.25. The molecule has 0 aliphatic carbocycles. The molecule has 0 aromatic heterocycles. The van der Waals surface area contributed by atoms with Crippen LogP contribution < -0.4 is 5.32 Å². The van der Waals surface area contributed by atoms with Gasteiger partial charge in [-0.25, -0.2) is 4.39 Å². The number of carbonyl (C=O) groups excluding carboxylic acids is 2. The van der Waals surface area contributed by atoms with Gasteiger partial charge in [-0.2, -0.15) is 0 Å². The normalized spacial score (nSPS) is 12.2. The number of halogens is 4. The van der Waals surface area contributed by atoms with E-state index >= 15 is 0 Å². The number of amides is 2. The van der Waals surface area contributed by atoms with Gasteiger partial charge < -0.3 is 10.2 Å². The number of hydrogen-bond donors (Lipinski definition) is 1. The maximum atomic E-state index is 14.3. The molecule has 0 aliphatic rings. The predicted molar refractivity (Wildman–Crippen MR) is 156 cm³/mol. The molecule has 0 saturated heterocycles. The number of benzene rings is 3. The van der Waals surface area contributed by atoms with E-state index < -0.39 is 17.4 Å². The van der Waals surface area contributed by atoms with Gasteiger partial charge in [0.15, 0.2) is 0 Å². The Kier molecular flexibility index (Phi) is 10.9. The summed E-state index contributed by atoms with van der Waals surface area (Å²) in [5.41, 5.74) is 1.27. The van der Waals surface area contributed by atoms with Crippen LogP contribution in [0.5, 0.6) is 0 Å². The highest BCUT2D eigenvalue weighted by molar-refractivity contribution is 7.99. The molecule has 0 spiro atoms. The first kappa shape index (κ1) is 30.3. The third-order valence-corrected chi connectivity index (χ3v) is 7.70. The Morgan fingerprint density at radius 3 is 2.05 bits per heavy atom. The number of thioether (sulfide) groups is 1. The lowest BCUT2D eigenvalue weighted by Crippen LogP contribution is -2.54. The Bertz CT molecular complexity index is 1230. The van der Waals surface area contributed by atoms with E-state index in [2.05, 4.69) is 5.32 Å². The molecule has 38 heavy (non-hydrogen) atoms. The smallest absolute Gasteiger partial charge is 0.243 e. The average molecular weight is 596 g/mol. The third-order valence-electron chi connectivity index (χ3n) is 5.69. The van der Waals surface area contributed by atoms with Crippen molar-refractivity contribution in [1.82, 2.24) is 10.2 Å². The molecule has 0 heterocycles. The Labute approximate surface area is 242 Å². The summed E-state index contributed by atoms with van der Waals surface area (Å²) in [6.45, 7) is 5.69. The summed E-state index contributed by atoms with van der Waals surface area (Å²) in [5, 5.41) is 4.11. The topological polar surface area (TPSA) is 49.4 Å². The van der Waals surface area contributed by atoms with E-state index in [1.807, 2.05) is 51.1 Å². The molecule has 0 aliphatic heterocycles. The van der Waals surface area contributed by atoms with E-state index in [0.29, 0.717) is 32.6 Å². The molecule has 2 amide bonds. The van der Waals surface area contributed by atoms with Crippen molar-refractivity contribution in [2.45, 2.75) is 51.1 Å². The van der Waals surface area contributed by atoms with Gasteiger partial charge in [-0.15, -0.1) is 11.8 Å². The lowest BCUT2D eigenvalue weighted by atomic mass is 10.0. The van der Waals surface area contributed by atoms with Gasteiger partial charge in [0.1, 0.15) is 11.9 Å². The quantitative estimate of drug-likeness (QED) is 0.263. The molecule has 0 saturated carbocycles. The monoisotopic (exact) mass is 594 g/mol. The van der Waals surface area contributed by atoms with Crippen LogP contribution in [0.1, 0.15) is 37.5 Å². The summed E-state index contributed by atoms with van der Waals surface area (Å²) in [6.07, 6.45) is 0.292. The van der Waals surface area contributed by atoms with Crippen LogP contribution in [0.2, 0.25) is 15.1 Å². The molecule has 3 aromatic carbocycles. The maximum Gasteiger partial charge on any atom is 0.243 e. The van der Waals surface area contributed by atoms with Gasteiger partial charge in [0.05, 0.1) is 5.75 Å². The summed E-state index contributed by atoms with van der Waals surface area (Å²) < 4.78 is 14.3. The maximum absolute atomic E-state index is 14.3. The highest BCUT2D eigenvalue weighted by atomic mass is 35.5. The second kappa shape index (κ2) is 13.7. The summed E-state index contributed by atoms with van der Waals surface area (Å²) in [6, 6.07) is 18.3. The van der Waals surface area contributed by atoms with Crippen molar-refractivity contribution in [3.05, 3.63) is 104 Å². The summed E-state index contributed by atoms with van der Waals surface area (Å²) in [5.74, 6) is -0.817. The van der Waals surface area contributed by atoms with Crippen LogP contribution in [0.15, 0.2) is 66.7 Å². The molecule has 0 radical (unpaired) electrons. The van der Waals surface area contributed by atoms with Gasteiger partial charge in [-0.05, 0) is 50.6 Å². The summed E-state index contributed by atoms with van der Waals surface area (Å²) in [7, 11) is 0. The van der Waals surface area contributed by atoms with Gasteiger partial charge in [0.25, 0.3) is 0 Å². The van der Waals surface area contributed by atoms with E-state index in [-0.39, 0.29) is 29.9 Å². The summed E-state index contributed by atoms with van der Waals surface area (Å²) >= 11 is 20.3. The van der Waals surface area contributed by atoms with Crippen LogP contribution >= 0.6 is 46.6 Å². The second-order valence-electron chi connectivity index (χ2n) is 9.86. The Morgan fingerprint density at radius 2 is 1.47 bits per heavy atom. The molecular weight excluding hydrogens is 566 g/mol. The van der Waals surface area contributed by atoms with Crippen LogP contribution in [0.25, 0.3) is 0 Å². The molecule has 1 N–H and O–H groups in total. The number of nitrogens with one attached hydrogen (secondary N) is 1. The van der Waals surface area contributed by atoms with E-state index in [9.17, 15) is 14.0 Å². The lowest BCUT2D eigenvalue weighted by Gasteiger charge is -2.34. The number of nitrogens with zero attached hydrogens (tertiary/aromatic N) is 1. The first-order valence-electron chi connectivity index (χ1n) is 12.0. The predicted octanol–water partition coefficient (Wildman–Crippen LogP) is 7.57. The highest BCUT2D eigenvalue weighted by Crippen LogP contribution is 2.29. The van der Waals surface area contributed by atoms with Crippen LogP contribution in [0.3, 0.4) is 0 Å². The van der Waals surface area contributed by atoms with Crippen molar-refractivity contribution in [3.63, 3.8) is 0 Å². The zero-order valence-corrected chi connectivity index (χ0v) is 24.5. The molecule has 9 heteroatoms. The minimum absolute atomic E-state index is 0.000816. The van der Waals surface area contributed by atoms with E-state index in [1.165, 1.54) is 28.8 Å². The highest BCUT2D eigenvalue weighted by Gasteiger charge is 2.33. The molecule has 202 valence electrons. The zero-order valence-electron chi connectivity index (χ0n) is 21.4. The van der Waals surface area contributed by atoms with E-state index in [0.717, 1.165) is 5.56 Å². The van der Waals surface area contributed by atoms with Crippen LogP contribution in [-0.4, -0.2) is 34.0 Å². The molecule has 1 atom stereocenters. The van der Waals surface area contributed by atoms with Crippen molar-refractivity contribution >= 4 is 58.4 Å². The van der Waals surface area contributed by atoms with Gasteiger partial charge in [-0.1, -0.05) is 77.3 Å². The fourth-order valence-corrected chi connectivity index (χ4v) is 5.62. The van der Waals surface area contributed by atoms with Crippen molar-refractivity contribution in [2.24, 2.45) is 0 Å². The Morgan fingerprint density at radius 1 is 0.895 bits per heavy atom. The van der Waals surface area contributed by atoms with Gasteiger partial charge in [-0.3, -0.25) is 9.59 Å². The van der Waals surface area contributed by atoms with E-state index in [1.54, 1.807) is 24.3 Å². The molecule has 3 aromatic rings. The van der Waals surface area contributed by atoms with Gasteiger partial charge >= 0.3 is 0 Å². The van der Waals surface area contributed by atoms with Crippen molar-refractivity contribution in [2.75, 3.05) is 5.75 Å². The first-order chi connectivity index (χ1) is 18.0. The number of carbonyl (C=O) groups is 2. The van der Waals surface area contributed by atoms with Gasteiger partial charge in [0, 0.05) is 50.5 Å². The minimum Gasteiger partial charge on any atom is -0.350 e. The minimum atomic E-state index is -0.839. The molecule has 3 rings (SSSR count).